The van der Waals surface area contributed by atoms with Gasteiger partial charge in [-0.2, -0.15) is 0 Å². The normalized spacial score (nSPS) is 14.2. The number of carbonyl (C=O) groups excluding carboxylic acids is 1. The number of piperazine rings is 1. The van der Waals surface area contributed by atoms with Crippen LogP contribution in [0.3, 0.4) is 0 Å². The molecule has 1 aliphatic heterocycles. The first-order chi connectivity index (χ1) is 12.8. The van der Waals surface area contributed by atoms with E-state index in [-0.39, 0.29) is 12.5 Å². The summed E-state index contributed by atoms with van der Waals surface area (Å²) < 4.78 is 11.1. The van der Waals surface area contributed by atoms with Gasteiger partial charge in [0.1, 0.15) is 11.5 Å². The third kappa shape index (κ3) is 4.84. The van der Waals surface area contributed by atoms with E-state index < -0.39 is 0 Å². The number of carbonyl (C=O) groups is 1. The molecule has 0 saturated carbocycles. The van der Waals surface area contributed by atoms with Crippen molar-refractivity contribution in [2.24, 2.45) is 0 Å². The molecule has 2 aromatic rings. The van der Waals surface area contributed by atoms with Gasteiger partial charge in [-0.05, 0) is 36.8 Å². The van der Waals surface area contributed by atoms with Crippen LogP contribution < -0.4 is 14.4 Å². The molecule has 0 unspecified atom stereocenters. The Morgan fingerprint density at radius 1 is 1.00 bits per heavy atom. The Balaban J connectivity index is 1.43. The second kappa shape index (κ2) is 9.03. The minimum absolute atomic E-state index is 0.00932. The highest BCUT2D eigenvalue weighted by Gasteiger charge is 2.22. The lowest BCUT2D eigenvalue weighted by Crippen LogP contribution is -2.50. The van der Waals surface area contributed by atoms with Gasteiger partial charge in [0.25, 0.3) is 5.91 Å². The van der Waals surface area contributed by atoms with Crippen molar-refractivity contribution in [3.63, 3.8) is 0 Å². The largest absolute Gasteiger partial charge is 0.494 e. The number of nitrogens with zero attached hydrogens (tertiary/aromatic N) is 4. The quantitative estimate of drug-likeness (QED) is 0.756. The molecule has 7 nitrogen and oxygen atoms in total. The van der Waals surface area contributed by atoms with E-state index in [0.29, 0.717) is 31.4 Å². The van der Waals surface area contributed by atoms with Gasteiger partial charge in [-0.3, -0.25) is 4.79 Å². The van der Waals surface area contributed by atoms with E-state index in [1.165, 1.54) is 0 Å². The molecule has 0 atom stereocenters. The molecule has 3 rings (SSSR count). The minimum atomic E-state index is -0.00932. The highest BCUT2D eigenvalue weighted by Crippen LogP contribution is 2.18. The maximum Gasteiger partial charge on any atom is 0.260 e. The van der Waals surface area contributed by atoms with Crippen LogP contribution in [0.1, 0.15) is 13.3 Å². The van der Waals surface area contributed by atoms with E-state index in [1.807, 2.05) is 29.2 Å². The third-order valence-electron chi connectivity index (χ3n) is 4.13. The summed E-state index contributed by atoms with van der Waals surface area (Å²) in [6, 6.07) is 9.15. The molecule has 1 saturated heterocycles. The van der Waals surface area contributed by atoms with Gasteiger partial charge in [-0.15, -0.1) is 0 Å². The Kier molecular flexibility index (Phi) is 6.24. The Labute approximate surface area is 153 Å². The monoisotopic (exact) mass is 356 g/mol. The van der Waals surface area contributed by atoms with Gasteiger partial charge in [0.2, 0.25) is 5.95 Å². The first-order valence-corrected chi connectivity index (χ1v) is 8.91. The zero-order chi connectivity index (χ0) is 18.2. The Bertz CT molecular complexity index is 686. The summed E-state index contributed by atoms with van der Waals surface area (Å²) in [4.78, 5) is 24.8. The van der Waals surface area contributed by atoms with Crippen LogP contribution in [0.15, 0.2) is 42.7 Å². The van der Waals surface area contributed by atoms with E-state index in [1.54, 1.807) is 18.5 Å². The molecule has 0 bridgehead atoms. The van der Waals surface area contributed by atoms with Crippen LogP contribution in [-0.4, -0.2) is 60.2 Å². The molecule has 0 aliphatic carbocycles. The lowest BCUT2D eigenvalue weighted by atomic mass is 10.3. The summed E-state index contributed by atoms with van der Waals surface area (Å²) in [7, 11) is 0. The standard InChI is InChI=1S/C19H24N4O3/c1-2-14-25-16-4-6-17(7-5-16)26-15-18(24)22-10-12-23(13-11-22)19-20-8-3-9-21-19/h3-9H,2,10-15H2,1H3. The third-order valence-corrected chi connectivity index (χ3v) is 4.13. The number of hydrogen-bond donors (Lipinski definition) is 0. The summed E-state index contributed by atoms with van der Waals surface area (Å²) in [5.41, 5.74) is 0. The molecule has 0 radical (unpaired) electrons. The van der Waals surface area contributed by atoms with Crippen molar-refractivity contribution in [1.82, 2.24) is 14.9 Å². The van der Waals surface area contributed by atoms with Gasteiger partial charge in [-0.25, -0.2) is 9.97 Å². The number of amides is 1. The maximum atomic E-state index is 12.3. The topological polar surface area (TPSA) is 67.8 Å². The van der Waals surface area contributed by atoms with Crippen molar-refractivity contribution < 1.29 is 14.3 Å². The maximum absolute atomic E-state index is 12.3. The van der Waals surface area contributed by atoms with Crippen molar-refractivity contribution in [1.29, 1.82) is 0 Å². The fraction of sp³-hybridized carbons (Fsp3) is 0.421. The van der Waals surface area contributed by atoms with Crippen molar-refractivity contribution in [2.45, 2.75) is 13.3 Å². The van der Waals surface area contributed by atoms with E-state index in [4.69, 9.17) is 9.47 Å². The Morgan fingerprint density at radius 2 is 1.62 bits per heavy atom. The zero-order valence-corrected chi connectivity index (χ0v) is 15.0. The fourth-order valence-corrected chi connectivity index (χ4v) is 2.70. The number of aromatic nitrogens is 2. The molecule has 2 heterocycles. The zero-order valence-electron chi connectivity index (χ0n) is 15.0. The second-order valence-electron chi connectivity index (χ2n) is 6.03. The predicted octanol–water partition coefficient (Wildman–Crippen LogP) is 1.99. The van der Waals surface area contributed by atoms with Crippen LogP contribution in [0, 0.1) is 0 Å². The van der Waals surface area contributed by atoms with Crippen molar-refractivity contribution in [3.8, 4) is 11.5 Å². The molecular weight excluding hydrogens is 332 g/mol. The molecule has 1 aliphatic rings. The van der Waals surface area contributed by atoms with E-state index in [0.717, 1.165) is 25.3 Å². The van der Waals surface area contributed by atoms with E-state index >= 15 is 0 Å². The SMILES string of the molecule is CCCOc1ccc(OCC(=O)N2CCN(c3ncccn3)CC2)cc1. The number of rotatable bonds is 7. The van der Waals surface area contributed by atoms with Crippen molar-refractivity contribution in [3.05, 3.63) is 42.7 Å². The number of benzene rings is 1. The first-order valence-electron chi connectivity index (χ1n) is 8.91. The van der Waals surface area contributed by atoms with E-state index in [2.05, 4.69) is 21.8 Å². The fourth-order valence-electron chi connectivity index (χ4n) is 2.70. The molecule has 7 heteroatoms. The molecule has 1 fully saturated rings. The van der Waals surface area contributed by atoms with E-state index in [9.17, 15) is 4.79 Å². The van der Waals surface area contributed by atoms with Gasteiger partial charge in [0.05, 0.1) is 6.61 Å². The highest BCUT2D eigenvalue weighted by atomic mass is 16.5. The summed E-state index contributed by atoms with van der Waals surface area (Å²) in [6.07, 6.45) is 4.43. The molecular formula is C19H24N4O3. The van der Waals surface area contributed by atoms with Gasteiger partial charge < -0.3 is 19.3 Å². The van der Waals surface area contributed by atoms with Crippen molar-refractivity contribution in [2.75, 3.05) is 44.3 Å². The number of hydrogen-bond acceptors (Lipinski definition) is 6. The molecule has 0 spiro atoms. The lowest BCUT2D eigenvalue weighted by molar-refractivity contribution is -0.133. The molecule has 1 aromatic carbocycles. The molecule has 1 amide bonds. The van der Waals surface area contributed by atoms with Gasteiger partial charge in [0.15, 0.2) is 6.61 Å². The second-order valence-corrected chi connectivity index (χ2v) is 6.03. The average Bonchev–Trinajstić information content (AvgIpc) is 2.72. The number of anilines is 1. The smallest absolute Gasteiger partial charge is 0.260 e. The average molecular weight is 356 g/mol. The molecule has 138 valence electrons. The van der Waals surface area contributed by atoms with Gasteiger partial charge in [-0.1, -0.05) is 6.92 Å². The van der Waals surface area contributed by atoms with Crippen LogP contribution in [0.4, 0.5) is 5.95 Å². The summed E-state index contributed by atoms with van der Waals surface area (Å²) >= 11 is 0. The molecule has 1 aromatic heterocycles. The van der Waals surface area contributed by atoms with Crippen LogP contribution >= 0.6 is 0 Å². The van der Waals surface area contributed by atoms with Crippen LogP contribution in [-0.2, 0) is 4.79 Å². The number of ether oxygens (including phenoxy) is 2. The predicted molar refractivity (Wildman–Crippen MR) is 98.5 cm³/mol. The van der Waals surface area contributed by atoms with Gasteiger partial charge in [0, 0.05) is 38.6 Å². The minimum Gasteiger partial charge on any atom is -0.494 e. The lowest BCUT2D eigenvalue weighted by Gasteiger charge is -2.34. The molecule has 0 N–H and O–H groups in total. The highest BCUT2D eigenvalue weighted by molar-refractivity contribution is 5.78. The molecule has 26 heavy (non-hydrogen) atoms. The van der Waals surface area contributed by atoms with Crippen LogP contribution in [0.5, 0.6) is 11.5 Å². The Hall–Kier alpha value is -2.83. The summed E-state index contributed by atoms with van der Waals surface area (Å²) in [6.45, 7) is 5.53. The van der Waals surface area contributed by atoms with Crippen LogP contribution in [0.25, 0.3) is 0 Å². The van der Waals surface area contributed by atoms with Gasteiger partial charge >= 0.3 is 0 Å². The summed E-state index contributed by atoms with van der Waals surface area (Å²) in [5, 5.41) is 0. The first kappa shape index (κ1) is 18.0. The van der Waals surface area contributed by atoms with Crippen LogP contribution in [0.2, 0.25) is 0 Å². The Morgan fingerprint density at radius 3 is 2.23 bits per heavy atom. The van der Waals surface area contributed by atoms with Crippen molar-refractivity contribution >= 4 is 11.9 Å². The summed E-state index contributed by atoms with van der Waals surface area (Å²) in [5.74, 6) is 2.18.